The molecular weight excluding hydrogens is 221 g/mol. The Kier molecular flexibility index (Phi) is 3.25. The van der Waals surface area contributed by atoms with E-state index in [9.17, 15) is 4.39 Å². The fourth-order valence-corrected chi connectivity index (χ4v) is 2.35. The molecule has 84 valence electrons. The van der Waals surface area contributed by atoms with Crippen molar-refractivity contribution in [2.45, 2.75) is 19.9 Å². The number of anilines is 1. The van der Waals surface area contributed by atoms with Gasteiger partial charge in [-0.1, -0.05) is 12.1 Å². The number of benzene rings is 1. The summed E-state index contributed by atoms with van der Waals surface area (Å²) in [4.78, 5) is 0. The number of hydrogen-bond acceptors (Lipinski definition) is 2. The van der Waals surface area contributed by atoms with Gasteiger partial charge in [-0.3, -0.25) is 0 Å². The van der Waals surface area contributed by atoms with Crippen molar-refractivity contribution in [3.05, 3.63) is 52.0 Å². The monoisotopic (exact) mass is 235 g/mol. The van der Waals surface area contributed by atoms with Gasteiger partial charge in [-0.05, 0) is 47.9 Å². The predicted molar refractivity (Wildman–Crippen MR) is 67.5 cm³/mol. The molecule has 0 bridgehead atoms. The van der Waals surface area contributed by atoms with Crippen LogP contribution >= 0.6 is 11.3 Å². The van der Waals surface area contributed by atoms with Gasteiger partial charge >= 0.3 is 0 Å². The molecule has 16 heavy (non-hydrogen) atoms. The molecule has 1 aromatic heterocycles. The summed E-state index contributed by atoms with van der Waals surface area (Å²) in [5.74, 6) is -0.162. The highest BCUT2D eigenvalue weighted by molar-refractivity contribution is 7.07. The Balaban J connectivity index is 2.18. The minimum atomic E-state index is -0.162. The maximum Gasteiger partial charge on any atom is 0.149 e. The van der Waals surface area contributed by atoms with Gasteiger partial charge < -0.3 is 5.32 Å². The Morgan fingerprint density at radius 1 is 1.31 bits per heavy atom. The van der Waals surface area contributed by atoms with Gasteiger partial charge in [-0.15, -0.1) is 0 Å². The molecule has 0 aliphatic heterocycles. The Morgan fingerprint density at radius 3 is 2.81 bits per heavy atom. The minimum absolute atomic E-state index is 0.127. The first-order valence-corrected chi connectivity index (χ1v) is 6.16. The lowest BCUT2D eigenvalue weighted by Gasteiger charge is -2.15. The summed E-state index contributed by atoms with van der Waals surface area (Å²) < 4.78 is 13.7. The van der Waals surface area contributed by atoms with Crippen LogP contribution in [0.15, 0.2) is 35.0 Å². The second-order valence-electron chi connectivity index (χ2n) is 3.86. The molecule has 0 radical (unpaired) electrons. The molecule has 0 aliphatic carbocycles. The van der Waals surface area contributed by atoms with Gasteiger partial charge in [0.05, 0.1) is 5.69 Å². The summed E-state index contributed by atoms with van der Waals surface area (Å²) in [6.45, 7) is 3.81. The van der Waals surface area contributed by atoms with E-state index >= 15 is 0 Å². The second kappa shape index (κ2) is 4.66. The van der Waals surface area contributed by atoms with Crippen LogP contribution in [0.5, 0.6) is 0 Å². The number of hydrogen-bond donors (Lipinski definition) is 1. The summed E-state index contributed by atoms with van der Waals surface area (Å²) in [6.07, 6.45) is 0. The number of halogens is 1. The van der Waals surface area contributed by atoms with Gasteiger partial charge in [-0.2, -0.15) is 11.3 Å². The Labute approximate surface area is 98.9 Å². The smallest absolute Gasteiger partial charge is 0.149 e. The van der Waals surface area contributed by atoms with Crippen molar-refractivity contribution < 1.29 is 4.39 Å². The van der Waals surface area contributed by atoms with Crippen LogP contribution in [0.1, 0.15) is 24.1 Å². The summed E-state index contributed by atoms with van der Waals surface area (Å²) in [5.41, 5.74) is 2.42. The Morgan fingerprint density at radius 2 is 2.12 bits per heavy atom. The van der Waals surface area contributed by atoms with E-state index in [-0.39, 0.29) is 11.9 Å². The van der Waals surface area contributed by atoms with E-state index in [0.29, 0.717) is 11.3 Å². The molecule has 0 aliphatic rings. The molecule has 3 heteroatoms. The van der Waals surface area contributed by atoms with Crippen molar-refractivity contribution in [3.63, 3.8) is 0 Å². The van der Waals surface area contributed by atoms with Crippen LogP contribution in [0.2, 0.25) is 0 Å². The number of thiophene rings is 1. The van der Waals surface area contributed by atoms with E-state index in [1.165, 1.54) is 5.56 Å². The third-order valence-corrected chi connectivity index (χ3v) is 3.31. The second-order valence-corrected chi connectivity index (χ2v) is 4.64. The molecule has 1 unspecified atom stereocenters. The first-order chi connectivity index (χ1) is 7.68. The topological polar surface area (TPSA) is 12.0 Å². The summed E-state index contributed by atoms with van der Waals surface area (Å²) >= 11 is 1.65. The van der Waals surface area contributed by atoms with Gasteiger partial charge in [0.25, 0.3) is 0 Å². The zero-order valence-corrected chi connectivity index (χ0v) is 10.1. The zero-order valence-electron chi connectivity index (χ0n) is 9.33. The lowest BCUT2D eigenvalue weighted by Crippen LogP contribution is -2.07. The average molecular weight is 235 g/mol. The molecule has 0 saturated carbocycles. The van der Waals surface area contributed by atoms with Gasteiger partial charge in [-0.25, -0.2) is 4.39 Å². The predicted octanol–water partition coefficient (Wildman–Crippen LogP) is 4.37. The highest BCUT2D eigenvalue weighted by Crippen LogP contribution is 2.24. The largest absolute Gasteiger partial charge is 0.376 e. The first-order valence-electron chi connectivity index (χ1n) is 5.22. The third kappa shape index (κ3) is 2.25. The van der Waals surface area contributed by atoms with Gasteiger partial charge in [0.2, 0.25) is 0 Å². The maximum absolute atomic E-state index is 13.7. The van der Waals surface area contributed by atoms with E-state index in [1.807, 2.05) is 18.4 Å². The quantitative estimate of drug-likeness (QED) is 0.833. The molecule has 1 atom stereocenters. The van der Waals surface area contributed by atoms with E-state index < -0.39 is 0 Å². The normalized spacial score (nSPS) is 12.4. The Hall–Kier alpha value is -1.35. The lowest BCUT2D eigenvalue weighted by molar-refractivity contribution is 0.618. The van der Waals surface area contributed by atoms with Crippen LogP contribution in [-0.4, -0.2) is 0 Å². The highest BCUT2D eigenvalue weighted by Gasteiger charge is 2.09. The Bertz CT molecular complexity index is 465. The molecule has 0 amide bonds. The number of nitrogens with one attached hydrogen (secondary N) is 1. The van der Waals surface area contributed by atoms with Crippen LogP contribution in [0.3, 0.4) is 0 Å². The van der Waals surface area contributed by atoms with Crippen LogP contribution in [-0.2, 0) is 0 Å². The minimum Gasteiger partial charge on any atom is -0.376 e. The van der Waals surface area contributed by atoms with Crippen molar-refractivity contribution in [3.8, 4) is 0 Å². The molecule has 0 spiro atoms. The highest BCUT2D eigenvalue weighted by atomic mass is 32.1. The SMILES string of the molecule is Cc1cccc(NC(C)c2ccsc2)c1F. The molecular formula is C13H14FNS. The maximum atomic E-state index is 13.7. The molecule has 1 nitrogen and oxygen atoms in total. The van der Waals surface area contributed by atoms with Crippen molar-refractivity contribution in [1.29, 1.82) is 0 Å². The van der Waals surface area contributed by atoms with Crippen molar-refractivity contribution in [2.24, 2.45) is 0 Å². The van der Waals surface area contributed by atoms with Crippen LogP contribution < -0.4 is 5.32 Å². The lowest BCUT2D eigenvalue weighted by atomic mass is 10.1. The van der Waals surface area contributed by atoms with Gasteiger partial charge in [0.15, 0.2) is 0 Å². The zero-order chi connectivity index (χ0) is 11.5. The standard InChI is InChI=1S/C13H14FNS/c1-9-4-3-5-12(13(9)14)15-10(2)11-6-7-16-8-11/h3-8,10,15H,1-2H3. The van der Waals surface area contributed by atoms with E-state index in [1.54, 1.807) is 30.4 Å². The molecule has 2 rings (SSSR count). The van der Waals surface area contributed by atoms with Crippen molar-refractivity contribution in [2.75, 3.05) is 5.32 Å². The average Bonchev–Trinajstić information content (AvgIpc) is 2.78. The molecule has 1 aromatic carbocycles. The fraction of sp³-hybridized carbons (Fsp3) is 0.231. The fourth-order valence-electron chi connectivity index (χ4n) is 1.60. The van der Waals surface area contributed by atoms with Gasteiger partial charge in [0, 0.05) is 6.04 Å². The van der Waals surface area contributed by atoms with Crippen molar-refractivity contribution in [1.82, 2.24) is 0 Å². The summed E-state index contributed by atoms with van der Waals surface area (Å²) in [5, 5.41) is 7.29. The number of rotatable bonds is 3. The van der Waals surface area contributed by atoms with Gasteiger partial charge in [0.1, 0.15) is 5.82 Å². The van der Waals surface area contributed by atoms with E-state index in [0.717, 1.165) is 0 Å². The third-order valence-electron chi connectivity index (χ3n) is 2.61. The van der Waals surface area contributed by atoms with Crippen molar-refractivity contribution >= 4 is 17.0 Å². The summed E-state index contributed by atoms with van der Waals surface area (Å²) in [6, 6.07) is 7.58. The number of aryl methyl sites for hydroxylation is 1. The van der Waals surface area contributed by atoms with E-state index in [2.05, 4.69) is 16.8 Å². The van der Waals surface area contributed by atoms with Crippen LogP contribution in [0.4, 0.5) is 10.1 Å². The molecule has 1 heterocycles. The summed E-state index contributed by atoms with van der Waals surface area (Å²) in [7, 11) is 0. The van der Waals surface area contributed by atoms with E-state index in [4.69, 9.17) is 0 Å². The molecule has 1 N–H and O–H groups in total. The van der Waals surface area contributed by atoms with Crippen LogP contribution in [0.25, 0.3) is 0 Å². The first kappa shape index (κ1) is 11.1. The molecule has 0 fully saturated rings. The molecule has 2 aromatic rings. The molecule has 0 saturated heterocycles. The van der Waals surface area contributed by atoms with Crippen LogP contribution in [0, 0.1) is 12.7 Å².